The molecule has 116 valence electrons. The topological polar surface area (TPSA) is 119 Å². The van der Waals surface area contributed by atoms with Crippen LogP contribution in [0.3, 0.4) is 0 Å². The lowest BCUT2D eigenvalue weighted by atomic mass is 9.93. The minimum absolute atomic E-state index is 0.00116. The Labute approximate surface area is 123 Å². The van der Waals surface area contributed by atoms with Gasteiger partial charge in [0.25, 0.3) is 5.69 Å². The highest BCUT2D eigenvalue weighted by Crippen LogP contribution is 2.34. The summed E-state index contributed by atoms with van der Waals surface area (Å²) >= 11 is 0. The molecule has 3 N–H and O–H groups in total. The van der Waals surface area contributed by atoms with Crippen LogP contribution in [0.4, 0.5) is 11.4 Å². The van der Waals surface area contributed by atoms with Gasteiger partial charge in [0, 0.05) is 19.2 Å². The Morgan fingerprint density at radius 1 is 1.43 bits per heavy atom. The van der Waals surface area contributed by atoms with Gasteiger partial charge in [-0.2, -0.15) is 4.31 Å². The number of hydrogen-bond donors (Lipinski definition) is 2. The number of nitrogen functional groups attached to an aromatic ring is 1. The summed E-state index contributed by atoms with van der Waals surface area (Å²) in [5, 5.41) is 10.8. The average Bonchev–Trinajstić information content (AvgIpc) is 2.78. The molecule has 21 heavy (non-hydrogen) atoms. The second-order valence-corrected chi connectivity index (χ2v) is 7.77. The first-order valence-electron chi connectivity index (χ1n) is 6.43. The molecule has 1 aromatic rings. The number of nitrogens with zero attached hydrogens (tertiary/aromatic N) is 2. The zero-order valence-corrected chi connectivity index (χ0v) is 12.7. The van der Waals surface area contributed by atoms with Gasteiger partial charge in [0.15, 0.2) is 0 Å². The molecule has 8 nitrogen and oxygen atoms in total. The number of hydrogen-bond acceptors (Lipinski definition) is 6. The van der Waals surface area contributed by atoms with E-state index in [1.165, 1.54) is 16.4 Å². The highest BCUT2D eigenvalue weighted by molar-refractivity contribution is 7.89. The van der Waals surface area contributed by atoms with Gasteiger partial charge in [-0.25, -0.2) is 8.42 Å². The Morgan fingerprint density at radius 3 is 2.57 bits per heavy atom. The Kier molecular flexibility index (Phi) is 3.91. The standard InChI is InChI=1S/C12H18N4O4S/c1-12(2)5-6-15(8-12)21(19,20)9-3-4-11(16(17)18)10(7-9)14-13/h3-4,7,14H,5-6,8,13H2,1-2H3. The molecule has 0 aliphatic carbocycles. The van der Waals surface area contributed by atoms with Crippen molar-refractivity contribution in [3.8, 4) is 0 Å². The molecular weight excluding hydrogens is 296 g/mol. The summed E-state index contributed by atoms with van der Waals surface area (Å²) in [6.45, 7) is 4.88. The molecule has 0 atom stereocenters. The lowest BCUT2D eigenvalue weighted by Gasteiger charge is -2.20. The summed E-state index contributed by atoms with van der Waals surface area (Å²) < 4.78 is 26.5. The molecule has 0 aromatic heterocycles. The van der Waals surface area contributed by atoms with Crippen LogP contribution in [-0.4, -0.2) is 30.7 Å². The summed E-state index contributed by atoms with van der Waals surface area (Å²) in [6.07, 6.45) is 0.779. The number of nitrogens with two attached hydrogens (primary N) is 1. The first kappa shape index (κ1) is 15.7. The van der Waals surface area contributed by atoms with Gasteiger partial charge in [0.05, 0.1) is 9.82 Å². The third kappa shape index (κ3) is 2.99. The Balaban J connectivity index is 2.40. The number of sulfonamides is 1. The van der Waals surface area contributed by atoms with Crippen LogP contribution in [-0.2, 0) is 10.0 Å². The first-order valence-corrected chi connectivity index (χ1v) is 7.87. The number of anilines is 1. The molecule has 0 saturated carbocycles. The van der Waals surface area contributed by atoms with Gasteiger partial charge < -0.3 is 5.43 Å². The largest absolute Gasteiger partial charge is 0.318 e. The molecule has 0 spiro atoms. The van der Waals surface area contributed by atoms with E-state index in [9.17, 15) is 18.5 Å². The van der Waals surface area contributed by atoms with Crippen LogP contribution in [0, 0.1) is 15.5 Å². The minimum Gasteiger partial charge on any atom is -0.318 e. The molecular formula is C12H18N4O4S. The van der Waals surface area contributed by atoms with Gasteiger partial charge in [0.1, 0.15) is 5.69 Å². The molecule has 0 radical (unpaired) electrons. The number of hydrazine groups is 1. The Morgan fingerprint density at radius 2 is 2.10 bits per heavy atom. The molecule has 1 aliphatic heterocycles. The molecule has 0 unspecified atom stereocenters. The minimum atomic E-state index is -3.67. The molecule has 2 rings (SSSR count). The number of benzene rings is 1. The Hall–Kier alpha value is -1.71. The Bertz CT molecular complexity index is 672. The van der Waals surface area contributed by atoms with Gasteiger partial charge in [0.2, 0.25) is 10.0 Å². The third-order valence-electron chi connectivity index (χ3n) is 3.60. The van der Waals surface area contributed by atoms with Crippen molar-refractivity contribution in [1.29, 1.82) is 0 Å². The summed E-state index contributed by atoms with van der Waals surface area (Å²) in [4.78, 5) is 10.2. The number of nitrogens with one attached hydrogen (secondary N) is 1. The summed E-state index contributed by atoms with van der Waals surface area (Å²) in [6, 6.07) is 3.57. The smallest absolute Gasteiger partial charge is 0.293 e. The van der Waals surface area contributed by atoms with Crippen molar-refractivity contribution in [3.05, 3.63) is 28.3 Å². The lowest BCUT2D eigenvalue weighted by molar-refractivity contribution is -0.384. The van der Waals surface area contributed by atoms with Crippen LogP contribution in [0.5, 0.6) is 0 Å². The van der Waals surface area contributed by atoms with E-state index in [1.54, 1.807) is 0 Å². The first-order chi connectivity index (χ1) is 9.67. The molecule has 1 saturated heterocycles. The molecule has 0 amide bonds. The van der Waals surface area contributed by atoms with Gasteiger partial charge in [-0.1, -0.05) is 13.8 Å². The highest BCUT2D eigenvalue weighted by Gasteiger charge is 2.37. The maximum absolute atomic E-state index is 12.6. The monoisotopic (exact) mass is 314 g/mol. The number of nitro benzene ring substituents is 1. The van der Waals surface area contributed by atoms with E-state index in [2.05, 4.69) is 5.43 Å². The lowest BCUT2D eigenvalue weighted by Crippen LogP contribution is -2.30. The van der Waals surface area contributed by atoms with Crippen molar-refractivity contribution in [2.75, 3.05) is 18.5 Å². The van der Waals surface area contributed by atoms with Gasteiger partial charge in [-0.05, 0) is 24.0 Å². The van der Waals surface area contributed by atoms with Crippen LogP contribution in [0.2, 0.25) is 0 Å². The number of rotatable bonds is 4. The van der Waals surface area contributed by atoms with E-state index in [4.69, 9.17) is 5.84 Å². The average molecular weight is 314 g/mol. The van der Waals surface area contributed by atoms with E-state index in [0.717, 1.165) is 12.5 Å². The van der Waals surface area contributed by atoms with Crippen molar-refractivity contribution in [3.63, 3.8) is 0 Å². The maximum atomic E-state index is 12.6. The predicted molar refractivity (Wildman–Crippen MR) is 78.1 cm³/mol. The predicted octanol–water partition coefficient (Wildman–Crippen LogP) is 1.30. The van der Waals surface area contributed by atoms with Gasteiger partial charge in [-0.15, -0.1) is 0 Å². The van der Waals surface area contributed by atoms with Crippen LogP contribution in [0.25, 0.3) is 0 Å². The normalized spacial score (nSPS) is 18.6. The van der Waals surface area contributed by atoms with Crippen LogP contribution in [0.15, 0.2) is 23.1 Å². The second-order valence-electron chi connectivity index (χ2n) is 5.83. The summed E-state index contributed by atoms with van der Waals surface area (Å²) in [7, 11) is -3.67. The van der Waals surface area contributed by atoms with Crippen LogP contribution >= 0.6 is 0 Å². The van der Waals surface area contributed by atoms with Gasteiger partial charge in [-0.3, -0.25) is 16.0 Å². The summed E-state index contributed by atoms with van der Waals surface area (Å²) in [5.41, 5.74) is 1.81. The van der Waals surface area contributed by atoms with Crippen LogP contribution < -0.4 is 11.3 Å². The fraction of sp³-hybridized carbons (Fsp3) is 0.500. The third-order valence-corrected chi connectivity index (χ3v) is 5.44. The molecule has 1 aliphatic rings. The quantitative estimate of drug-likeness (QED) is 0.491. The van der Waals surface area contributed by atoms with Crippen molar-refractivity contribution in [2.45, 2.75) is 25.2 Å². The van der Waals surface area contributed by atoms with Crippen molar-refractivity contribution >= 4 is 21.4 Å². The molecule has 0 bridgehead atoms. The molecule has 9 heteroatoms. The summed E-state index contributed by atoms with van der Waals surface area (Å²) in [5.74, 6) is 5.23. The van der Waals surface area contributed by atoms with Crippen LogP contribution in [0.1, 0.15) is 20.3 Å². The zero-order valence-electron chi connectivity index (χ0n) is 11.9. The van der Waals surface area contributed by atoms with Gasteiger partial charge >= 0.3 is 0 Å². The zero-order chi connectivity index (χ0) is 15.8. The SMILES string of the molecule is CC1(C)CCN(S(=O)(=O)c2ccc([N+](=O)[O-])c(NN)c2)C1. The fourth-order valence-corrected chi connectivity index (χ4v) is 4.02. The van der Waals surface area contributed by atoms with E-state index >= 15 is 0 Å². The number of nitro groups is 1. The molecule has 1 heterocycles. The van der Waals surface area contributed by atoms with Crippen molar-refractivity contribution in [2.24, 2.45) is 11.3 Å². The van der Waals surface area contributed by atoms with Crippen molar-refractivity contribution in [1.82, 2.24) is 4.31 Å². The second kappa shape index (κ2) is 5.24. The van der Waals surface area contributed by atoms with E-state index in [-0.39, 0.29) is 21.7 Å². The van der Waals surface area contributed by atoms with E-state index in [0.29, 0.717) is 13.1 Å². The van der Waals surface area contributed by atoms with E-state index < -0.39 is 14.9 Å². The van der Waals surface area contributed by atoms with Crippen molar-refractivity contribution < 1.29 is 13.3 Å². The van der Waals surface area contributed by atoms with E-state index in [1.807, 2.05) is 13.8 Å². The maximum Gasteiger partial charge on any atom is 0.293 e. The highest BCUT2D eigenvalue weighted by atomic mass is 32.2. The molecule has 1 fully saturated rings. The fourth-order valence-electron chi connectivity index (χ4n) is 2.37. The molecule has 1 aromatic carbocycles.